The van der Waals surface area contributed by atoms with Crippen LogP contribution in [0.1, 0.15) is 34.6 Å². The highest BCUT2D eigenvalue weighted by Crippen LogP contribution is 2.04. The predicted octanol–water partition coefficient (Wildman–Crippen LogP) is 2.08. The molecule has 0 saturated heterocycles. The average molecular weight is 161 g/mol. The van der Waals surface area contributed by atoms with Crippen molar-refractivity contribution in [1.29, 1.82) is 0 Å². The first-order valence-electron chi connectivity index (χ1n) is 4.21. The van der Waals surface area contributed by atoms with Gasteiger partial charge in [0.1, 0.15) is 6.29 Å². The Labute approximate surface area is 71.2 Å². The van der Waals surface area contributed by atoms with Crippen LogP contribution in [0.3, 0.4) is 0 Å². The molecule has 0 aliphatic heterocycles. The summed E-state index contributed by atoms with van der Waals surface area (Å²) in [4.78, 5) is 9.95. The van der Waals surface area contributed by atoms with E-state index in [2.05, 4.69) is 5.73 Å². The summed E-state index contributed by atoms with van der Waals surface area (Å²) in [6.45, 7) is 10.0. The van der Waals surface area contributed by atoms with Crippen LogP contribution in [0.4, 0.5) is 0 Å². The van der Waals surface area contributed by atoms with E-state index in [0.717, 1.165) is 6.29 Å². The number of aldehydes is 1. The summed E-state index contributed by atoms with van der Waals surface area (Å²) < 4.78 is 0. The lowest BCUT2D eigenvalue weighted by Gasteiger charge is -2.04. The molecule has 0 radical (unpaired) electrons. The Balaban J connectivity index is -0.000000138. The van der Waals surface area contributed by atoms with Crippen LogP contribution >= 0.6 is 0 Å². The normalized spacial score (nSPS) is 10.2. The zero-order valence-electron chi connectivity index (χ0n) is 8.72. The summed E-state index contributed by atoms with van der Waals surface area (Å²) in [5, 5.41) is 0. The first kappa shape index (κ1) is 16.9. The van der Waals surface area contributed by atoms with Gasteiger partial charge < -0.3 is 10.5 Å². The average Bonchev–Trinajstić information content (AvgIpc) is 2.10. The van der Waals surface area contributed by atoms with E-state index in [4.69, 9.17) is 0 Å². The van der Waals surface area contributed by atoms with Crippen molar-refractivity contribution in [3.63, 3.8) is 0 Å². The van der Waals surface area contributed by atoms with Gasteiger partial charge in [-0.2, -0.15) is 0 Å². The number of hydrogen-bond acceptors (Lipinski definition) is 2. The van der Waals surface area contributed by atoms with Gasteiger partial charge in [-0.15, -0.1) is 0 Å². The third-order valence-corrected chi connectivity index (χ3v) is 1.27. The zero-order valence-corrected chi connectivity index (χ0v) is 8.72. The van der Waals surface area contributed by atoms with Gasteiger partial charge in [0, 0.05) is 5.92 Å². The molecule has 0 aromatic rings. The van der Waals surface area contributed by atoms with Crippen LogP contribution in [0.2, 0.25) is 0 Å². The fourth-order valence-electron chi connectivity index (χ4n) is 0.157. The van der Waals surface area contributed by atoms with Gasteiger partial charge in [0.05, 0.1) is 0 Å². The summed E-state index contributed by atoms with van der Waals surface area (Å²) in [6, 6.07) is 0. The van der Waals surface area contributed by atoms with E-state index in [9.17, 15) is 4.79 Å². The summed E-state index contributed by atoms with van der Waals surface area (Å²) in [6.07, 6.45) is 0.991. The number of carbonyl (C=O) groups excluding carboxylic acids is 1. The monoisotopic (exact) mass is 161 g/mol. The topological polar surface area (TPSA) is 43.1 Å². The van der Waals surface area contributed by atoms with Crippen LogP contribution in [0.5, 0.6) is 0 Å². The molecule has 0 aromatic heterocycles. The second kappa shape index (κ2) is 16.3. The molecule has 0 aliphatic rings. The van der Waals surface area contributed by atoms with Crippen molar-refractivity contribution >= 4 is 6.29 Å². The Hall–Kier alpha value is -0.370. The summed E-state index contributed by atoms with van der Waals surface area (Å²) in [5.41, 5.74) is 4.50. The molecule has 2 N–H and O–H groups in total. The predicted molar refractivity (Wildman–Crippen MR) is 51.5 cm³/mol. The Morgan fingerprint density at radius 2 is 1.36 bits per heavy atom. The summed E-state index contributed by atoms with van der Waals surface area (Å²) in [7, 11) is 1.50. The Kier molecular flexibility index (Phi) is 25.1. The molecule has 0 amide bonds. The second-order valence-electron chi connectivity index (χ2n) is 2.24. The van der Waals surface area contributed by atoms with E-state index in [1.54, 1.807) is 0 Å². The first-order chi connectivity index (χ1) is 5.18. The van der Waals surface area contributed by atoms with Crippen LogP contribution in [-0.2, 0) is 4.79 Å². The van der Waals surface area contributed by atoms with Crippen LogP contribution in [0, 0.1) is 11.8 Å². The molecule has 0 heterocycles. The molecule has 1 unspecified atom stereocenters. The molecule has 0 saturated carbocycles. The highest BCUT2D eigenvalue weighted by atomic mass is 16.1. The SMILES string of the molecule is CC.CC(C)C(C)C=O.CN. The number of carbonyl (C=O) groups is 1. The lowest BCUT2D eigenvalue weighted by Crippen LogP contribution is -2.03. The van der Waals surface area contributed by atoms with Crippen LogP contribution < -0.4 is 5.73 Å². The first-order valence-corrected chi connectivity index (χ1v) is 4.21. The maximum absolute atomic E-state index is 9.95. The third kappa shape index (κ3) is 17.7. The molecule has 2 heteroatoms. The van der Waals surface area contributed by atoms with E-state index >= 15 is 0 Å². The van der Waals surface area contributed by atoms with Gasteiger partial charge in [0.25, 0.3) is 0 Å². The highest BCUT2D eigenvalue weighted by Gasteiger charge is 2.02. The van der Waals surface area contributed by atoms with Crippen molar-refractivity contribution in [3.8, 4) is 0 Å². The van der Waals surface area contributed by atoms with Crippen molar-refractivity contribution < 1.29 is 4.79 Å². The quantitative estimate of drug-likeness (QED) is 0.630. The zero-order chi connectivity index (χ0) is 9.86. The van der Waals surface area contributed by atoms with E-state index in [1.807, 2.05) is 34.6 Å². The number of nitrogens with two attached hydrogens (primary N) is 1. The largest absolute Gasteiger partial charge is 0.333 e. The molecular weight excluding hydrogens is 138 g/mol. The van der Waals surface area contributed by atoms with Gasteiger partial charge in [-0.25, -0.2) is 0 Å². The molecular formula is C9H23NO. The van der Waals surface area contributed by atoms with Crippen molar-refractivity contribution in [2.24, 2.45) is 17.6 Å². The van der Waals surface area contributed by atoms with Crippen LogP contribution in [0.25, 0.3) is 0 Å². The van der Waals surface area contributed by atoms with E-state index in [1.165, 1.54) is 7.05 Å². The third-order valence-electron chi connectivity index (χ3n) is 1.27. The van der Waals surface area contributed by atoms with E-state index in [-0.39, 0.29) is 5.92 Å². The highest BCUT2D eigenvalue weighted by molar-refractivity contribution is 5.52. The van der Waals surface area contributed by atoms with Crippen LogP contribution in [0.15, 0.2) is 0 Å². The maximum atomic E-state index is 9.95. The van der Waals surface area contributed by atoms with E-state index < -0.39 is 0 Å². The Morgan fingerprint density at radius 1 is 1.09 bits per heavy atom. The minimum Gasteiger partial charge on any atom is -0.333 e. The molecule has 0 rings (SSSR count). The van der Waals surface area contributed by atoms with Gasteiger partial charge >= 0.3 is 0 Å². The molecule has 11 heavy (non-hydrogen) atoms. The number of rotatable bonds is 2. The smallest absolute Gasteiger partial charge is 0.123 e. The molecule has 0 bridgehead atoms. The molecule has 0 spiro atoms. The summed E-state index contributed by atoms with van der Waals surface area (Å²) >= 11 is 0. The van der Waals surface area contributed by atoms with Crippen molar-refractivity contribution in [1.82, 2.24) is 0 Å². The number of hydrogen-bond donors (Lipinski definition) is 1. The molecule has 0 aliphatic carbocycles. The standard InChI is InChI=1S/C6H12O.C2H6.CH5N/c1-5(2)6(3)4-7;2*1-2/h4-6H,1-3H3;1-2H3;2H2,1H3. The Morgan fingerprint density at radius 3 is 1.36 bits per heavy atom. The minimum absolute atomic E-state index is 0.222. The fraction of sp³-hybridized carbons (Fsp3) is 0.889. The van der Waals surface area contributed by atoms with Gasteiger partial charge in [0.15, 0.2) is 0 Å². The van der Waals surface area contributed by atoms with Gasteiger partial charge in [-0.3, -0.25) is 0 Å². The fourth-order valence-corrected chi connectivity index (χ4v) is 0.157. The van der Waals surface area contributed by atoms with Gasteiger partial charge in [-0.1, -0.05) is 34.6 Å². The lowest BCUT2D eigenvalue weighted by molar-refractivity contribution is -0.111. The van der Waals surface area contributed by atoms with Crippen molar-refractivity contribution in [2.75, 3.05) is 7.05 Å². The van der Waals surface area contributed by atoms with Gasteiger partial charge in [0.2, 0.25) is 0 Å². The Bertz CT molecular complexity index is 62.6. The molecule has 0 fully saturated rings. The molecule has 0 aromatic carbocycles. The lowest BCUT2D eigenvalue weighted by atomic mass is 10.0. The van der Waals surface area contributed by atoms with Crippen molar-refractivity contribution in [3.05, 3.63) is 0 Å². The minimum atomic E-state index is 0.222. The van der Waals surface area contributed by atoms with Gasteiger partial charge in [-0.05, 0) is 13.0 Å². The maximum Gasteiger partial charge on any atom is 0.123 e. The molecule has 2 nitrogen and oxygen atoms in total. The second-order valence-corrected chi connectivity index (χ2v) is 2.24. The molecule has 70 valence electrons. The molecule has 1 atom stereocenters. The van der Waals surface area contributed by atoms with Crippen LogP contribution in [-0.4, -0.2) is 13.3 Å². The van der Waals surface area contributed by atoms with E-state index in [0.29, 0.717) is 5.92 Å². The summed E-state index contributed by atoms with van der Waals surface area (Å²) in [5.74, 6) is 0.720. The van der Waals surface area contributed by atoms with Crippen molar-refractivity contribution in [2.45, 2.75) is 34.6 Å².